The molecule has 0 spiro atoms. The van der Waals surface area contributed by atoms with Crippen LogP contribution in [-0.4, -0.2) is 14.0 Å². The Hall–Kier alpha value is -0.000000000000000111. The van der Waals surface area contributed by atoms with E-state index in [1.54, 1.807) is 18.3 Å². The summed E-state index contributed by atoms with van der Waals surface area (Å²) in [4.78, 5) is 15.9. The van der Waals surface area contributed by atoms with Gasteiger partial charge in [0.1, 0.15) is 5.69 Å². The fourth-order valence-electron chi connectivity index (χ4n) is 1.24. The van der Waals surface area contributed by atoms with E-state index in [1.165, 1.54) is 0 Å². The van der Waals surface area contributed by atoms with E-state index in [2.05, 4.69) is 52.8 Å². The molecular formula is C9H4Br3NO. The lowest BCUT2D eigenvalue weighted by molar-refractivity contribution is 0.0989. The van der Waals surface area contributed by atoms with E-state index in [0.29, 0.717) is 5.69 Å². The van der Waals surface area contributed by atoms with Gasteiger partial charge in [0.05, 0.1) is 0 Å². The van der Waals surface area contributed by atoms with E-state index >= 15 is 0 Å². The number of halogens is 3. The van der Waals surface area contributed by atoms with Gasteiger partial charge in [-0.3, -0.25) is 9.78 Å². The minimum atomic E-state index is -0.833. The number of carbonyl (C=O) groups is 1. The lowest BCUT2D eigenvalue weighted by Crippen LogP contribution is -2.27. The summed E-state index contributed by atoms with van der Waals surface area (Å²) in [5.41, 5.74) is 1.29. The van der Waals surface area contributed by atoms with Crippen LogP contribution in [0.3, 0.4) is 0 Å². The molecule has 0 fully saturated rings. The van der Waals surface area contributed by atoms with Gasteiger partial charge < -0.3 is 0 Å². The highest BCUT2D eigenvalue weighted by Gasteiger charge is 2.37. The van der Waals surface area contributed by atoms with E-state index in [9.17, 15) is 4.79 Å². The van der Waals surface area contributed by atoms with Crippen molar-refractivity contribution >= 4 is 58.1 Å². The molecule has 0 aliphatic heterocycles. The Morgan fingerprint density at radius 2 is 2.07 bits per heavy atom. The maximum absolute atomic E-state index is 11.9. The third kappa shape index (κ3) is 1.61. The number of ketones is 1. The molecule has 0 aromatic carbocycles. The van der Waals surface area contributed by atoms with E-state index in [4.69, 9.17) is 0 Å². The highest BCUT2D eigenvalue weighted by atomic mass is 79.9. The molecule has 72 valence electrons. The summed E-state index contributed by atoms with van der Waals surface area (Å²) in [5.74, 6) is -0.0868. The first-order valence-electron chi connectivity index (χ1n) is 3.79. The molecule has 1 aliphatic rings. The molecule has 14 heavy (non-hydrogen) atoms. The van der Waals surface area contributed by atoms with Crippen LogP contribution < -0.4 is 0 Å². The largest absolute Gasteiger partial charge is 0.289 e. The molecule has 1 aromatic rings. The second kappa shape index (κ2) is 3.54. The van der Waals surface area contributed by atoms with Crippen molar-refractivity contribution in [1.29, 1.82) is 0 Å². The van der Waals surface area contributed by atoms with Crippen LogP contribution >= 0.6 is 47.8 Å². The number of pyridine rings is 1. The second-order valence-corrected chi connectivity index (χ2v) is 7.26. The van der Waals surface area contributed by atoms with Gasteiger partial charge in [0.2, 0.25) is 5.78 Å². The molecule has 0 saturated carbocycles. The summed E-state index contributed by atoms with van der Waals surface area (Å²) in [7, 11) is 0. The maximum Gasteiger partial charge on any atom is 0.213 e. The Morgan fingerprint density at radius 3 is 2.79 bits per heavy atom. The number of Topliss-reactive ketones (excluding diaryl/α,β-unsaturated/α-hetero) is 1. The Bertz CT molecular complexity index is 439. The average Bonchev–Trinajstić information content (AvgIpc) is 2.14. The zero-order valence-corrected chi connectivity index (χ0v) is 11.6. The van der Waals surface area contributed by atoms with Crippen LogP contribution in [0.4, 0.5) is 0 Å². The fraction of sp³-hybridized carbons (Fsp3) is 0.111. The van der Waals surface area contributed by atoms with Gasteiger partial charge in [0, 0.05) is 16.2 Å². The Labute approximate surface area is 106 Å². The molecule has 0 unspecified atom stereocenters. The monoisotopic (exact) mass is 379 g/mol. The minimum Gasteiger partial charge on any atom is -0.289 e. The maximum atomic E-state index is 11.9. The van der Waals surface area contributed by atoms with Crippen molar-refractivity contribution in [2.24, 2.45) is 0 Å². The highest BCUT2D eigenvalue weighted by Crippen LogP contribution is 2.41. The number of rotatable bonds is 0. The SMILES string of the molecule is O=C1c2ncccc2C(Br)=CC1(Br)Br. The molecule has 0 bridgehead atoms. The Morgan fingerprint density at radius 1 is 1.36 bits per heavy atom. The standard InChI is InChI=1S/C9H4Br3NO/c10-6-4-9(11,12)8(14)7-5(6)2-1-3-13-7/h1-4H. The summed E-state index contributed by atoms with van der Waals surface area (Å²) in [5, 5.41) is 0. The summed E-state index contributed by atoms with van der Waals surface area (Å²) in [6.45, 7) is 0. The first kappa shape index (κ1) is 10.5. The van der Waals surface area contributed by atoms with E-state index in [1.807, 2.05) is 6.07 Å². The molecule has 2 nitrogen and oxygen atoms in total. The van der Waals surface area contributed by atoms with Crippen LogP contribution in [0.2, 0.25) is 0 Å². The molecule has 0 radical (unpaired) electrons. The Balaban J connectivity index is 2.69. The van der Waals surface area contributed by atoms with Gasteiger partial charge >= 0.3 is 0 Å². The number of hydrogen-bond acceptors (Lipinski definition) is 2. The summed E-state index contributed by atoms with van der Waals surface area (Å²) in [6, 6.07) is 3.66. The van der Waals surface area contributed by atoms with E-state index < -0.39 is 3.23 Å². The number of aromatic nitrogens is 1. The number of allylic oxidation sites excluding steroid dienone is 1. The topological polar surface area (TPSA) is 30.0 Å². The van der Waals surface area contributed by atoms with Crippen molar-refractivity contribution < 1.29 is 4.79 Å². The third-order valence-corrected chi connectivity index (χ3v) is 3.72. The number of carbonyl (C=O) groups excluding carboxylic acids is 1. The average molecular weight is 382 g/mol. The summed E-state index contributed by atoms with van der Waals surface area (Å²) >= 11 is 9.98. The molecule has 1 aliphatic carbocycles. The molecule has 0 N–H and O–H groups in total. The quantitative estimate of drug-likeness (QED) is 0.644. The number of fused-ring (bicyclic) bond motifs is 1. The van der Waals surface area contributed by atoms with Crippen LogP contribution in [-0.2, 0) is 0 Å². The van der Waals surface area contributed by atoms with Crippen molar-refractivity contribution in [3.63, 3.8) is 0 Å². The van der Waals surface area contributed by atoms with Crippen molar-refractivity contribution in [3.8, 4) is 0 Å². The number of alkyl halides is 2. The highest BCUT2D eigenvalue weighted by molar-refractivity contribution is 9.26. The van der Waals surface area contributed by atoms with Gasteiger partial charge in [0.25, 0.3) is 0 Å². The van der Waals surface area contributed by atoms with Crippen molar-refractivity contribution in [3.05, 3.63) is 35.7 Å². The van der Waals surface area contributed by atoms with Gasteiger partial charge in [-0.2, -0.15) is 0 Å². The first-order valence-corrected chi connectivity index (χ1v) is 6.16. The van der Waals surface area contributed by atoms with Crippen LogP contribution in [0.15, 0.2) is 24.4 Å². The minimum absolute atomic E-state index is 0.0868. The van der Waals surface area contributed by atoms with Gasteiger partial charge in [-0.05, 0) is 12.1 Å². The molecular weight excluding hydrogens is 378 g/mol. The predicted molar refractivity (Wildman–Crippen MR) is 66.1 cm³/mol. The molecule has 0 amide bonds. The van der Waals surface area contributed by atoms with Crippen LogP contribution in [0.25, 0.3) is 4.48 Å². The van der Waals surface area contributed by atoms with Crippen molar-refractivity contribution in [2.45, 2.75) is 3.23 Å². The lowest BCUT2D eigenvalue weighted by atomic mass is 10.0. The first-order chi connectivity index (χ1) is 6.52. The van der Waals surface area contributed by atoms with E-state index in [0.717, 1.165) is 10.0 Å². The third-order valence-electron chi connectivity index (χ3n) is 1.89. The zero-order valence-electron chi connectivity index (χ0n) is 6.80. The number of hydrogen-bond donors (Lipinski definition) is 0. The molecule has 2 rings (SSSR count). The van der Waals surface area contributed by atoms with Gasteiger partial charge in [0.15, 0.2) is 3.23 Å². The zero-order chi connectivity index (χ0) is 10.3. The summed E-state index contributed by atoms with van der Waals surface area (Å²) in [6.07, 6.45) is 3.37. The van der Waals surface area contributed by atoms with Crippen LogP contribution in [0.5, 0.6) is 0 Å². The lowest BCUT2D eigenvalue weighted by Gasteiger charge is -2.21. The van der Waals surface area contributed by atoms with Gasteiger partial charge in [-0.25, -0.2) is 0 Å². The van der Waals surface area contributed by atoms with Crippen molar-refractivity contribution in [1.82, 2.24) is 4.98 Å². The molecule has 0 saturated heterocycles. The van der Waals surface area contributed by atoms with Crippen LogP contribution in [0.1, 0.15) is 16.1 Å². The molecule has 1 aromatic heterocycles. The summed E-state index contributed by atoms with van der Waals surface area (Å²) < 4.78 is 0.0224. The number of nitrogens with zero attached hydrogens (tertiary/aromatic N) is 1. The molecule has 0 atom stereocenters. The second-order valence-electron chi connectivity index (χ2n) is 2.84. The van der Waals surface area contributed by atoms with Gasteiger partial charge in [-0.1, -0.05) is 53.9 Å². The normalized spacial score (nSPS) is 18.8. The van der Waals surface area contributed by atoms with E-state index in [-0.39, 0.29) is 5.78 Å². The molecule has 5 heteroatoms. The van der Waals surface area contributed by atoms with Crippen LogP contribution in [0, 0.1) is 0 Å². The fourth-order valence-corrected chi connectivity index (χ4v) is 3.35. The molecule has 1 heterocycles. The van der Waals surface area contributed by atoms with Crippen molar-refractivity contribution in [2.75, 3.05) is 0 Å². The predicted octanol–water partition coefficient (Wildman–Crippen LogP) is 3.50. The van der Waals surface area contributed by atoms with Gasteiger partial charge in [-0.15, -0.1) is 0 Å². The smallest absolute Gasteiger partial charge is 0.213 e. The Kier molecular flexibility index (Phi) is 2.66.